The van der Waals surface area contributed by atoms with Crippen molar-refractivity contribution in [2.75, 3.05) is 0 Å². The van der Waals surface area contributed by atoms with E-state index in [1.165, 1.54) is 0 Å². The second-order valence-electron chi connectivity index (χ2n) is 7.63. The Morgan fingerprint density at radius 1 is 1.27 bits per heavy atom. The number of hydrogen-bond acceptors (Lipinski definition) is 6. The van der Waals surface area contributed by atoms with Gasteiger partial charge in [0.1, 0.15) is 18.3 Å². The molecular weight excluding hydrogens is 336 g/mol. The lowest BCUT2D eigenvalue weighted by molar-refractivity contribution is -0.160. The van der Waals surface area contributed by atoms with E-state index in [9.17, 15) is 19.8 Å². The number of aliphatic hydroxyl groups is 2. The van der Waals surface area contributed by atoms with E-state index in [0.29, 0.717) is 17.6 Å². The number of fused-ring (bicyclic) bond motifs is 3. The molecule has 3 fully saturated rings. The third-order valence-electron chi connectivity index (χ3n) is 6.10. The maximum absolute atomic E-state index is 12.3. The summed E-state index contributed by atoms with van der Waals surface area (Å²) in [5.41, 5.74) is 1.31. The summed E-state index contributed by atoms with van der Waals surface area (Å²) >= 11 is 0. The minimum absolute atomic E-state index is 0.218. The molecule has 0 aromatic carbocycles. The van der Waals surface area contributed by atoms with E-state index in [1.54, 1.807) is 6.92 Å². The number of aliphatic hydroxyl groups excluding tert-OH is 2. The first kappa shape index (κ1) is 18.9. The van der Waals surface area contributed by atoms with Crippen molar-refractivity contribution in [2.24, 2.45) is 23.7 Å². The molecule has 0 bridgehead atoms. The second kappa shape index (κ2) is 6.67. The Bertz CT molecular complexity index is 680. The van der Waals surface area contributed by atoms with Crippen LogP contribution in [0.3, 0.4) is 0 Å². The Kier molecular flexibility index (Phi) is 4.84. The SMILES string of the molecule is C=C1C[C@H](O)[C@H]2C(=C)C(=O)O[C@@H]2[C@H]2C(=C)[C@@H](O)[C@H](OC(=O)C(C)CC)[C@@H]12. The Balaban J connectivity index is 1.97. The van der Waals surface area contributed by atoms with Gasteiger partial charge in [-0.05, 0) is 18.4 Å². The van der Waals surface area contributed by atoms with E-state index in [1.807, 2.05) is 6.92 Å². The largest absolute Gasteiger partial charge is 0.458 e. The van der Waals surface area contributed by atoms with E-state index < -0.39 is 54.1 Å². The fourth-order valence-electron chi connectivity index (χ4n) is 4.38. The van der Waals surface area contributed by atoms with Crippen LogP contribution in [0.1, 0.15) is 26.7 Å². The van der Waals surface area contributed by atoms with Crippen LogP contribution in [0.5, 0.6) is 0 Å². The van der Waals surface area contributed by atoms with Crippen molar-refractivity contribution in [3.8, 4) is 0 Å². The van der Waals surface area contributed by atoms with Gasteiger partial charge in [0.15, 0.2) is 0 Å². The second-order valence-corrected chi connectivity index (χ2v) is 7.63. The molecule has 8 atom stereocenters. The lowest BCUT2D eigenvalue weighted by Crippen LogP contribution is -2.36. The predicted octanol–water partition coefficient (Wildman–Crippen LogP) is 1.53. The molecule has 6 nitrogen and oxygen atoms in total. The lowest BCUT2D eigenvalue weighted by atomic mass is 9.81. The van der Waals surface area contributed by atoms with E-state index in [2.05, 4.69) is 19.7 Å². The molecule has 26 heavy (non-hydrogen) atoms. The number of carbonyl (C=O) groups excluding carboxylic acids is 2. The highest BCUT2D eigenvalue weighted by atomic mass is 16.6. The minimum atomic E-state index is -1.07. The fourth-order valence-corrected chi connectivity index (χ4v) is 4.38. The third kappa shape index (κ3) is 2.72. The highest BCUT2D eigenvalue weighted by Crippen LogP contribution is 2.53. The summed E-state index contributed by atoms with van der Waals surface area (Å²) in [4.78, 5) is 24.3. The van der Waals surface area contributed by atoms with Crippen LogP contribution in [-0.2, 0) is 19.1 Å². The van der Waals surface area contributed by atoms with Crippen molar-refractivity contribution in [3.63, 3.8) is 0 Å². The van der Waals surface area contributed by atoms with Crippen LogP contribution in [0, 0.1) is 23.7 Å². The fraction of sp³-hybridized carbons (Fsp3) is 0.600. The molecule has 0 aromatic heterocycles. The first-order chi connectivity index (χ1) is 12.2. The van der Waals surface area contributed by atoms with Crippen LogP contribution >= 0.6 is 0 Å². The maximum atomic E-state index is 12.3. The Morgan fingerprint density at radius 3 is 2.54 bits per heavy atom. The molecule has 6 heteroatoms. The molecule has 2 saturated carbocycles. The Morgan fingerprint density at radius 2 is 1.92 bits per heavy atom. The lowest BCUT2D eigenvalue weighted by Gasteiger charge is -2.28. The van der Waals surface area contributed by atoms with Crippen LogP contribution < -0.4 is 0 Å². The summed E-state index contributed by atoms with van der Waals surface area (Å²) < 4.78 is 11.1. The molecule has 3 aliphatic rings. The summed E-state index contributed by atoms with van der Waals surface area (Å²) in [7, 11) is 0. The van der Waals surface area contributed by atoms with Crippen molar-refractivity contribution < 1.29 is 29.3 Å². The van der Waals surface area contributed by atoms with E-state index in [0.717, 1.165) is 0 Å². The summed E-state index contributed by atoms with van der Waals surface area (Å²) in [6, 6.07) is 0. The quantitative estimate of drug-likeness (QED) is 0.449. The minimum Gasteiger partial charge on any atom is -0.458 e. The smallest absolute Gasteiger partial charge is 0.334 e. The van der Waals surface area contributed by atoms with E-state index >= 15 is 0 Å². The van der Waals surface area contributed by atoms with Gasteiger partial charge < -0.3 is 19.7 Å². The molecule has 2 N–H and O–H groups in total. The van der Waals surface area contributed by atoms with E-state index in [-0.39, 0.29) is 17.9 Å². The molecule has 3 rings (SSSR count). The van der Waals surface area contributed by atoms with Crippen LogP contribution in [0.25, 0.3) is 0 Å². The number of ether oxygens (including phenoxy) is 2. The monoisotopic (exact) mass is 362 g/mol. The number of esters is 2. The average molecular weight is 362 g/mol. The topological polar surface area (TPSA) is 93.1 Å². The van der Waals surface area contributed by atoms with Crippen molar-refractivity contribution in [1.82, 2.24) is 0 Å². The van der Waals surface area contributed by atoms with Gasteiger partial charge >= 0.3 is 11.9 Å². The van der Waals surface area contributed by atoms with Gasteiger partial charge in [-0.15, -0.1) is 0 Å². The normalized spacial score (nSPS) is 40.5. The summed E-state index contributed by atoms with van der Waals surface area (Å²) in [6.07, 6.45) is -2.64. The van der Waals surface area contributed by atoms with Crippen molar-refractivity contribution in [3.05, 3.63) is 36.5 Å². The standard InChI is InChI=1S/C20H26O6/c1-6-8(2)19(23)26-18-13-9(3)7-12(21)14-11(5)20(24)25-17(14)15(13)10(4)16(18)22/h8,12-18,21-22H,3-7H2,1-2H3/t8?,12-,13-,14+,15-,16+,17-,18+/m0/s1. The third-order valence-corrected chi connectivity index (χ3v) is 6.10. The zero-order chi connectivity index (χ0) is 19.3. The molecule has 0 aromatic rings. The zero-order valence-corrected chi connectivity index (χ0v) is 15.2. The molecule has 1 heterocycles. The van der Waals surface area contributed by atoms with Gasteiger partial charge in [0.05, 0.1) is 17.9 Å². The van der Waals surface area contributed by atoms with Crippen molar-refractivity contribution >= 4 is 11.9 Å². The molecule has 0 amide bonds. The van der Waals surface area contributed by atoms with Crippen molar-refractivity contribution in [1.29, 1.82) is 0 Å². The molecule has 1 unspecified atom stereocenters. The molecule has 0 spiro atoms. The molecule has 1 aliphatic heterocycles. The summed E-state index contributed by atoms with van der Waals surface area (Å²) in [5, 5.41) is 21.2. The van der Waals surface area contributed by atoms with Crippen molar-refractivity contribution in [2.45, 2.75) is 51.1 Å². The molecule has 2 aliphatic carbocycles. The highest BCUT2D eigenvalue weighted by molar-refractivity contribution is 5.91. The number of rotatable bonds is 3. The van der Waals surface area contributed by atoms with Gasteiger partial charge in [-0.3, -0.25) is 4.79 Å². The van der Waals surface area contributed by atoms with Gasteiger partial charge in [0.2, 0.25) is 0 Å². The molecular formula is C20H26O6. The molecule has 1 saturated heterocycles. The highest BCUT2D eigenvalue weighted by Gasteiger charge is 2.60. The molecule has 142 valence electrons. The molecule has 0 radical (unpaired) electrons. The van der Waals surface area contributed by atoms with Gasteiger partial charge in [0, 0.05) is 17.4 Å². The van der Waals surface area contributed by atoms with Crippen LogP contribution in [-0.4, -0.2) is 46.6 Å². The van der Waals surface area contributed by atoms with Gasteiger partial charge in [0.25, 0.3) is 0 Å². The van der Waals surface area contributed by atoms with Gasteiger partial charge in [-0.2, -0.15) is 0 Å². The first-order valence-corrected chi connectivity index (χ1v) is 9.01. The Hall–Kier alpha value is -1.92. The zero-order valence-electron chi connectivity index (χ0n) is 15.2. The first-order valence-electron chi connectivity index (χ1n) is 9.01. The Labute approximate surface area is 153 Å². The predicted molar refractivity (Wildman–Crippen MR) is 93.7 cm³/mol. The maximum Gasteiger partial charge on any atom is 0.334 e. The number of hydrogen-bond donors (Lipinski definition) is 2. The average Bonchev–Trinajstić information content (AvgIpc) is 2.97. The summed E-state index contributed by atoms with van der Waals surface area (Å²) in [6.45, 7) is 15.4. The van der Waals surface area contributed by atoms with Crippen LogP contribution in [0.15, 0.2) is 36.5 Å². The van der Waals surface area contributed by atoms with Gasteiger partial charge in [-0.1, -0.05) is 39.2 Å². The number of carbonyl (C=O) groups is 2. The van der Waals surface area contributed by atoms with Gasteiger partial charge in [-0.25, -0.2) is 4.79 Å². The van der Waals surface area contributed by atoms with Crippen LogP contribution in [0.2, 0.25) is 0 Å². The van der Waals surface area contributed by atoms with E-state index in [4.69, 9.17) is 9.47 Å². The summed E-state index contributed by atoms with van der Waals surface area (Å²) in [5.74, 6) is -2.76. The van der Waals surface area contributed by atoms with Crippen LogP contribution in [0.4, 0.5) is 0 Å².